The summed E-state index contributed by atoms with van der Waals surface area (Å²) in [6, 6.07) is 16.2. The molecular formula is C25H23BrN4O. The first-order valence-electron chi connectivity index (χ1n) is 10.5. The predicted octanol–water partition coefficient (Wildman–Crippen LogP) is 3.60. The van der Waals surface area contributed by atoms with Crippen LogP contribution in [0.2, 0.25) is 0 Å². The van der Waals surface area contributed by atoms with Crippen LogP contribution in [0.15, 0.2) is 69.3 Å². The first-order valence-corrected chi connectivity index (χ1v) is 11.3. The van der Waals surface area contributed by atoms with Crippen LogP contribution in [-0.2, 0) is 17.9 Å². The van der Waals surface area contributed by atoms with Crippen molar-refractivity contribution in [2.75, 3.05) is 26.2 Å². The van der Waals surface area contributed by atoms with Gasteiger partial charge in [0, 0.05) is 48.3 Å². The molecule has 2 aromatic rings. The van der Waals surface area contributed by atoms with E-state index < -0.39 is 0 Å². The third-order valence-corrected chi connectivity index (χ3v) is 6.57. The van der Waals surface area contributed by atoms with Crippen LogP contribution in [0.1, 0.15) is 23.1 Å². The zero-order valence-corrected chi connectivity index (χ0v) is 18.8. The van der Waals surface area contributed by atoms with Crippen molar-refractivity contribution in [3.63, 3.8) is 0 Å². The first kappa shape index (κ1) is 20.0. The molecule has 5 rings (SSSR count). The van der Waals surface area contributed by atoms with Gasteiger partial charge in [-0.3, -0.25) is 19.6 Å². The summed E-state index contributed by atoms with van der Waals surface area (Å²) in [6.07, 6.45) is 6.42. The molecule has 3 aliphatic heterocycles. The Morgan fingerprint density at radius 3 is 2.71 bits per heavy atom. The van der Waals surface area contributed by atoms with Crippen LogP contribution in [0.3, 0.4) is 0 Å². The molecule has 0 spiro atoms. The maximum absolute atomic E-state index is 13.6. The maximum atomic E-state index is 13.6. The first-order chi connectivity index (χ1) is 15.1. The van der Waals surface area contributed by atoms with Crippen molar-refractivity contribution in [2.24, 2.45) is 4.99 Å². The van der Waals surface area contributed by atoms with E-state index in [4.69, 9.17) is 6.42 Å². The van der Waals surface area contributed by atoms with E-state index in [2.05, 4.69) is 48.8 Å². The fourth-order valence-electron chi connectivity index (χ4n) is 4.54. The van der Waals surface area contributed by atoms with Gasteiger partial charge in [-0.15, -0.1) is 6.42 Å². The minimum atomic E-state index is 0.0805. The average molecular weight is 475 g/mol. The summed E-state index contributed by atoms with van der Waals surface area (Å²) in [5, 5.41) is 0. The minimum Gasteiger partial charge on any atom is -0.314 e. The number of benzene rings is 2. The van der Waals surface area contributed by atoms with Crippen LogP contribution in [0, 0.1) is 12.3 Å². The van der Waals surface area contributed by atoms with E-state index >= 15 is 0 Å². The summed E-state index contributed by atoms with van der Waals surface area (Å²) in [5.41, 5.74) is 5.22. The van der Waals surface area contributed by atoms with Gasteiger partial charge in [-0.1, -0.05) is 46.1 Å². The summed E-state index contributed by atoms with van der Waals surface area (Å²) < 4.78 is 1.03. The van der Waals surface area contributed by atoms with Gasteiger partial charge in [0.05, 0.1) is 18.7 Å². The van der Waals surface area contributed by atoms with Crippen molar-refractivity contribution < 1.29 is 4.79 Å². The van der Waals surface area contributed by atoms with Crippen LogP contribution >= 0.6 is 15.9 Å². The zero-order chi connectivity index (χ0) is 21.4. The monoisotopic (exact) mass is 474 g/mol. The normalized spacial score (nSPS) is 18.6. The molecule has 0 radical (unpaired) electrons. The fourth-order valence-corrected chi connectivity index (χ4v) is 4.81. The number of terminal acetylenes is 1. The van der Waals surface area contributed by atoms with Gasteiger partial charge in [0.2, 0.25) is 5.96 Å². The highest BCUT2D eigenvalue weighted by Gasteiger charge is 2.40. The van der Waals surface area contributed by atoms with E-state index in [1.54, 1.807) is 0 Å². The summed E-state index contributed by atoms with van der Waals surface area (Å²) in [5.74, 6) is 3.59. The van der Waals surface area contributed by atoms with Gasteiger partial charge in [0.25, 0.3) is 5.91 Å². The number of fused-ring (bicyclic) bond motifs is 2. The highest BCUT2D eigenvalue weighted by Crippen LogP contribution is 2.32. The highest BCUT2D eigenvalue weighted by molar-refractivity contribution is 9.10. The van der Waals surface area contributed by atoms with Crippen molar-refractivity contribution in [2.45, 2.75) is 19.5 Å². The molecule has 6 heteroatoms. The Labute approximate surface area is 191 Å². The third-order valence-electron chi connectivity index (χ3n) is 6.04. The Hall–Kier alpha value is -2.88. The Bertz CT molecular complexity index is 1130. The Morgan fingerprint density at radius 2 is 1.90 bits per heavy atom. The molecule has 0 saturated heterocycles. The lowest BCUT2D eigenvalue weighted by Gasteiger charge is -2.42. The van der Waals surface area contributed by atoms with Gasteiger partial charge in [0.1, 0.15) is 0 Å². The third kappa shape index (κ3) is 3.91. The lowest BCUT2D eigenvalue weighted by Crippen LogP contribution is -2.53. The minimum absolute atomic E-state index is 0.0805. The number of halogens is 1. The quantitative estimate of drug-likeness (QED) is 0.635. The summed E-state index contributed by atoms with van der Waals surface area (Å²) in [7, 11) is 0. The van der Waals surface area contributed by atoms with Gasteiger partial charge in [0.15, 0.2) is 0 Å². The second-order valence-corrected chi connectivity index (χ2v) is 9.00. The van der Waals surface area contributed by atoms with E-state index in [9.17, 15) is 4.79 Å². The molecule has 156 valence electrons. The Morgan fingerprint density at radius 1 is 1.06 bits per heavy atom. The number of hydrogen-bond acceptors (Lipinski definition) is 4. The van der Waals surface area contributed by atoms with Crippen LogP contribution in [0.25, 0.3) is 0 Å². The lowest BCUT2D eigenvalue weighted by atomic mass is 9.99. The molecule has 0 atom stereocenters. The molecular weight excluding hydrogens is 452 g/mol. The van der Waals surface area contributed by atoms with E-state index in [1.165, 1.54) is 5.56 Å². The number of aliphatic imine (C=N–C) groups is 1. The molecule has 1 amide bonds. The molecule has 0 N–H and O–H groups in total. The molecule has 0 aromatic heterocycles. The number of carbonyl (C=O) groups is 1. The molecule has 2 aromatic carbocycles. The van der Waals surface area contributed by atoms with Crippen molar-refractivity contribution in [3.8, 4) is 12.3 Å². The molecule has 0 aliphatic carbocycles. The van der Waals surface area contributed by atoms with E-state index in [0.29, 0.717) is 13.1 Å². The maximum Gasteiger partial charge on any atom is 0.259 e. The molecule has 0 unspecified atom stereocenters. The molecule has 0 bridgehead atoms. The molecule has 0 fully saturated rings. The van der Waals surface area contributed by atoms with E-state index in [-0.39, 0.29) is 5.91 Å². The van der Waals surface area contributed by atoms with Gasteiger partial charge in [-0.25, -0.2) is 0 Å². The average Bonchev–Trinajstić information content (AvgIpc) is 3.28. The fraction of sp³-hybridized carbons (Fsp3) is 0.280. The Kier molecular flexibility index (Phi) is 5.39. The summed E-state index contributed by atoms with van der Waals surface area (Å²) >= 11 is 3.48. The number of nitrogens with zero attached hydrogens (tertiary/aromatic N) is 4. The topological polar surface area (TPSA) is 39.2 Å². The Balaban J connectivity index is 1.39. The van der Waals surface area contributed by atoms with Gasteiger partial charge >= 0.3 is 0 Å². The number of amides is 1. The van der Waals surface area contributed by atoms with Crippen LogP contribution in [-0.4, -0.2) is 52.7 Å². The van der Waals surface area contributed by atoms with Crippen LogP contribution in [0.4, 0.5) is 0 Å². The standard InChI is InChI=1S/C25H23BrN4O/c1-2-18-4-3-5-20(14-18)15-28-12-10-23-22(17-28)24(31)30(25-27-11-13-29(23)25)16-19-6-8-21(26)9-7-19/h1,3-9,14H,10-13,15-17H2. The van der Waals surface area contributed by atoms with Crippen molar-refractivity contribution in [1.29, 1.82) is 0 Å². The van der Waals surface area contributed by atoms with Gasteiger partial charge < -0.3 is 4.90 Å². The number of rotatable bonds is 4. The number of hydrogen-bond donors (Lipinski definition) is 0. The van der Waals surface area contributed by atoms with Gasteiger partial charge in [-0.2, -0.15) is 0 Å². The highest BCUT2D eigenvalue weighted by atomic mass is 79.9. The van der Waals surface area contributed by atoms with E-state index in [1.807, 2.05) is 41.3 Å². The van der Waals surface area contributed by atoms with Crippen LogP contribution in [0.5, 0.6) is 0 Å². The number of carbonyl (C=O) groups excluding carboxylic acids is 1. The largest absolute Gasteiger partial charge is 0.314 e. The second-order valence-electron chi connectivity index (χ2n) is 8.08. The van der Waals surface area contributed by atoms with Crippen LogP contribution < -0.4 is 0 Å². The molecule has 5 nitrogen and oxygen atoms in total. The van der Waals surface area contributed by atoms with Crippen molar-refractivity contribution in [3.05, 3.63) is 81.0 Å². The summed E-state index contributed by atoms with van der Waals surface area (Å²) in [4.78, 5) is 24.7. The molecule has 3 aliphatic rings. The molecule has 31 heavy (non-hydrogen) atoms. The summed E-state index contributed by atoms with van der Waals surface area (Å²) in [6.45, 7) is 4.47. The van der Waals surface area contributed by atoms with Crippen molar-refractivity contribution >= 4 is 27.8 Å². The molecule has 0 saturated carbocycles. The smallest absolute Gasteiger partial charge is 0.259 e. The van der Waals surface area contributed by atoms with E-state index in [0.717, 1.165) is 65.4 Å². The zero-order valence-electron chi connectivity index (χ0n) is 17.2. The number of guanidine groups is 1. The van der Waals surface area contributed by atoms with Gasteiger partial charge in [-0.05, 0) is 35.4 Å². The lowest BCUT2D eigenvalue weighted by molar-refractivity contribution is -0.125. The SMILES string of the molecule is C#Cc1cccc(CN2CCC3=C(C2)C(=O)N(Cc2ccc(Br)cc2)C2=NCCN23)c1. The second kappa shape index (κ2) is 8.33. The predicted molar refractivity (Wildman–Crippen MR) is 125 cm³/mol. The van der Waals surface area contributed by atoms with Crippen molar-refractivity contribution in [1.82, 2.24) is 14.7 Å². The molecule has 3 heterocycles.